The standard InChI is InChI=1S/C28H29N3O6S/c1-3-36-21-14-12-20(13-15-21)31-26(34)18-8-10-19(11-9-18)30-24(33)16-37-28(35)25-22-6-4-5-7-23(22)38-27(25)29-17(2)32/h8-15H,3-7,16H2,1-2H3,(H,29,32)(H,30,33)(H,31,34). The van der Waals surface area contributed by atoms with E-state index >= 15 is 0 Å². The smallest absolute Gasteiger partial charge is 0.341 e. The fraction of sp³-hybridized carbons (Fsp3) is 0.286. The highest BCUT2D eigenvalue weighted by Crippen LogP contribution is 2.38. The van der Waals surface area contributed by atoms with Crippen molar-refractivity contribution in [2.45, 2.75) is 39.5 Å². The summed E-state index contributed by atoms with van der Waals surface area (Å²) in [6.45, 7) is 3.36. The number of ether oxygens (including phenoxy) is 2. The highest BCUT2D eigenvalue weighted by molar-refractivity contribution is 7.17. The van der Waals surface area contributed by atoms with Gasteiger partial charge in [0.05, 0.1) is 12.2 Å². The molecule has 2 aromatic carbocycles. The van der Waals surface area contributed by atoms with Gasteiger partial charge < -0.3 is 25.4 Å². The summed E-state index contributed by atoms with van der Waals surface area (Å²) in [6.07, 6.45) is 3.58. The first kappa shape index (κ1) is 26.9. The molecule has 0 spiro atoms. The summed E-state index contributed by atoms with van der Waals surface area (Å²) in [4.78, 5) is 50.5. The van der Waals surface area contributed by atoms with Gasteiger partial charge in [0.15, 0.2) is 6.61 Å². The number of benzene rings is 2. The predicted octanol–water partition coefficient (Wildman–Crippen LogP) is 5.03. The topological polar surface area (TPSA) is 123 Å². The number of amides is 3. The molecule has 10 heteroatoms. The van der Waals surface area contributed by atoms with E-state index in [1.807, 2.05) is 6.92 Å². The zero-order valence-electron chi connectivity index (χ0n) is 21.2. The fourth-order valence-electron chi connectivity index (χ4n) is 4.14. The summed E-state index contributed by atoms with van der Waals surface area (Å²) in [5.74, 6) is -0.999. The molecule has 0 radical (unpaired) electrons. The van der Waals surface area contributed by atoms with Gasteiger partial charge in [-0.25, -0.2) is 4.79 Å². The molecule has 4 rings (SSSR count). The Bertz CT molecular complexity index is 1330. The highest BCUT2D eigenvalue weighted by atomic mass is 32.1. The molecule has 0 unspecified atom stereocenters. The number of anilines is 3. The quantitative estimate of drug-likeness (QED) is 0.330. The van der Waals surface area contributed by atoms with Gasteiger partial charge in [-0.1, -0.05) is 0 Å². The highest BCUT2D eigenvalue weighted by Gasteiger charge is 2.27. The van der Waals surface area contributed by atoms with E-state index in [1.165, 1.54) is 18.3 Å². The first-order valence-electron chi connectivity index (χ1n) is 12.4. The molecule has 3 N–H and O–H groups in total. The van der Waals surface area contributed by atoms with Gasteiger partial charge in [0.1, 0.15) is 10.8 Å². The average molecular weight is 536 g/mol. The molecule has 198 valence electrons. The van der Waals surface area contributed by atoms with Gasteiger partial charge in [-0.15, -0.1) is 11.3 Å². The van der Waals surface area contributed by atoms with Crippen LogP contribution >= 0.6 is 11.3 Å². The molecule has 0 saturated heterocycles. The summed E-state index contributed by atoms with van der Waals surface area (Å²) < 4.78 is 10.7. The second kappa shape index (κ2) is 12.4. The Balaban J connectivity index is 1.31. The number of hydrogen-bond donors (Lipinski definition) is 3. The van der Waals surface area contributed by atoms with E-state index in [0.717, 1.165) is 41.9 Å². The van der Waals surface area contributed by atoms with Crippen molar-refractivity contribution in [1.82, 2.24) is 0 Å². The third-order valence-corrected chi connectivity index (χ3v) is 7.06. The van der Waals surface area contributed by atoms with E-state index < -0.39 is 18.5 Å². The SMILES string of the molecule is CCOc1ccc(NC(=O)c2ccc(NC(=O)COC(=O)c3c(NC(C)=O)sc4c3CCCC4)cc2)cc1. The van der Waals surface area contributed by atoms with Crippen molar-refractivity contribution < 1.29 is 28.7 Å². The van der Waals surface area contributed by atoms with Crippen molar-refractivity contribution in [2.75, 3.05) is 29.2 Å². The van der Waals surface area contributed by atoms with Crippen LogP contribution in [0.1, 0.15) is 57.8 Å². The molecule has 38 heavy (non-hydrogen) atoms. The molecule has 3 aromatic rings. The molecule has 9 nitrogen and oxygen atoms in total. The molecule has 1 aromatic heterocycles. The lowest BCUT2D eigenvalue weighted by Crippen LogP contribution is -2.22. The Morgan fingerprint density at radius 2 is 1.53 bits per heavy atom. The molecule has 0 fully saturated rings. The second-order valence-electron chi connectivity index (χ2n) is 8.71. The van der Waals surface area contributed by atoms with Crippen LogP contribution < -0.4 is 20.7 Å². The first-order valence-corrected chi connectivity index (χ1v) is 13.2. The minimum atomic E-state index is -0.635. The normalized spacial score (nSPS) is 12.2. The summed E-state index contributed by atoms with van der Waals surface area (Å²) >= 11 is 1.39. The third-order valence-electron chi connectivity index (χ3n) is 5.85. The van der Waals surface area contributed by atoms with Crippen LogP contribution in [-0.4, -0.2) is 36.9 Å². The van der Waals surface area contributed by atoms with E-state index in [1.54, 1.807) is 48.5 Å². The number of carbonyl (C=O) groups excluding carboxylic acids is 4. The molecule has 1 aliphatic rings. The van der Waals surface area contributed by atoms with Crippen LogP contribution in [0, 0.1) is 0 Å². The van der Waals surface area contributed by atoms with Gasteiger partial charge in [0, 0.05) is 28.7 Å². The number of thiophene rings is 1. The number of fused-ring (bicyclic) bond motifs is 1. The monoisotopic (exact) mass is 535 g/mol. The lowest BCUT2D eigenvalue weighted by atomic mass is 9.95. The minimum absolute atomic E-state index is 0.271. The van der Waals surface area contributed by atoms with Crippen LogP contribution in [0.4, 0.5) is 16.4 Å². The number of aryl methyl sites for hydroxylation is 1. The fourth-order valence-corrected chi connectivity index (χ4v) is 5.46. The van der Waals surface area contributed by atoms with Crippen LogP contribution in [-0.2, 0) is 27.2 Å². The van der Waals surface area contributed by atoms with Crippen LogP contribution in [0.2, 0.25) is 0 Å². The molecular formula is C28H29N3O6S. The van der Waals surface area contributed by atoms with E-state index in [4.69, 9.17) is 9.47 Å². The zero-order valence-corrected chi connectivity index (χ0v) is 22.0. The van der Waals surface area contributed by atoms with Gasteiger partial charge in [-0.2, -0.15) is 0 Å². The van der Waals surface area contributed by atoms with Crippen molar-refractivity contribution in [2.24, 2.45) is 0 Å². The van der Waals surface area contributed by atoms with Gasteiger partial charge in [0.25, 0.3) is 11.8 Å². The van der Waals surface area contributed by atoms with Gasteiger partial charge >= 0.3 is 5.97 Å². The lowest BCUT2D eigenvalue weighted by molar-refractivity contribution is -0.119. The van der Waals surface area contributed by atoms with Crippen molar-refractivity contribution in [3.8, 4) is 5.75 Å². The average Bonchev–Trinajstić information content (AvgIpc) is 3.26. The number of rotatable bonds is 9. The predicted molar refractivity (Wildman–Crippen MR) is 146 cm³/mol. The van der Waals surface area contributed by atoms with E-state index in [0.29, 0.717) is 34.1 Å². The van der Waals surface area contributed by atoms with Gasteiger partial charge in [-0.05, 0) is 86.7 Å². The van der Waals surface area contributed by atoms with Crippen LogP contribution in [0.15, 0.2) is 48.5 Å². The summed E-state index contributed by atoms with van der Waals surface area (Å²) in [7, 11) is 0. The Kier molecular flexibility index (Phi) is 8.75. The van der Waals surface area contributed by atoms with Crippen molar-refractivity contribution in [1.29, 1.82) is 0 Å². The van der Waals surface area contributed by atoms with Gasteiger partial charge in [-0.3, -0.25) is 14.4 Å². The number of esters is 1. The molecule has 3 amide bonds. The molecule has 0 atom stereocenters. The van der Waals surface area contributed by atoms with E-state index in [2.05, 4.69) is 16.0 Å². The zero-order chi connectivity index (χ0) is 27.1. The Hall–Kier alpha value is -4.18. The maximum atomic E-state index is 12.9. The summed E-state index contributed by atoms with van der Waals surface area (Å²) in [6, 6.07) is 13.4. The molecule has 1 aliphatic carbocycles. The third kappa shape index (κ3) is 6.77. The van der Waals surface area contributed by atoms with Crippen LogP contribution in [0.5, 0.6) is 5.75 Å². The molecule has 0 aliphatic heterocycles. The number of nitrogens with one attached hydrogen (secondary N) is 3. The van der Waals surface area contributed by atoms with E-state index in [-0.39, 0.29) is 11.8 Å². The minimum Gasteiger partial charge on any atom is -0.494 e. The maximum Gasteiger partial charge on any atom is 0.341 e. The Labute approximate surface area is 224 Å². The molecule has 0 bridgehead atoms. The first-order chi connectivity index (χ1) is 18.3. The van der Waals surface area contributed by atoms with Crippen LogP contribution in [0.25, 0.3) is 0 Å². The Morgan fingerprint density at radius 3 is 2.21 bits per heavy atom. The van der Waals surface area contributed by atoms with Crippen molar-refractivity contribution >= 4 is 51.4 Å². The summed E-state index contributed by atoms with van der Waals surface area (Å²) in [5.41, 5.74) is 2.74. The van der Waals surface area contributed by atoms with Crippen LogP contribution in [0.3, 0.4) is 0 Å². The molecule has 1 heterocycles. The lowest BCUT2D eigenvalue weighted by Gasteiger charge is -2.13. The number of carbonyl (C=O) groups is 4. The second-order valence-corrected chi connectivity index (χ2v) is 9.81. The van der Waals surface area contributed by atoms with Crippen molar-refractivity contribution in [3.63, 3.8) is 0 Å². The van der Waals surface area contributed by atoms with Gasteiger partial charge in [0.2, 0.25) is 5.91 Å². The molecular weight excluding hydrogens is 506 g/mol. The van der Waals surface area contributed by atoms with Crippen molar-refractivity contribution in [3.05, 3.63) is 70.1 Å². The largest absolute Gasteiger partial charge is 0.494 e. The maximum absolute atomic E-state index is 12.9. The summed E-state index contributed by atoms with van der Waals surface area (Å²) in [5, 5.41) is 8.65. The van der Waals surface area contributed by atoms with E-state index in [9.17, 15) is 19.2 Å². The molecule has 0 saturated carbocycles. The number of hydrogen-bond acceptors (Lipinski definition) is 7. The Morgan fingerprint density at radius 1 is 0.868 bits per heavy atom.